The average Bonchev–Trinajstić information content (AvgIpc) is 3.63. The maximum Gasteiger partial charge on any atom is 0.243 e. The maximum atomic E-state index is 13.7. The van der Waals surface area contributed by atoms with Crippen LogP contribution in [0, 0.1) is 23.2 Å². The van der Waals surface area contributed by atoms with Gasteiger partial charge in [-0.3, -0.25) is 9.36 Å². The highest BCUT2D eigenvalue weighted by molar-refractivity contribution is 7.99. The van der Waals surface area contributed by atoms with E-state index in [0.717, 1.165) is 55.5 Å². The van der Waals surface area contributed by atoms with Crippen molar-refractivity contribution in [1.29, 1.82) is 0 Å². The third-order valence-electron chi connectivity index (χ3n) is 9.40. The molecule has 0 spiro atoms. The number of nitrogens with zero attached hydrogens (tertiary/aromatic N) is 4. The van der Waals surface area contributed by atoms with Gasteiger partial charge in [-0.1, -0.05) is 42.1 Å². The SMILES string of the molecule is O=C(CSc1nnc(-c2cccc(S(=O)(=O)N3CCCC3)c2)n1-c1ccccc1)C12CC3CC(CC(C3)C1)C2. The highest BCUT2D eigenvalue weighted by atomic mass is 32.2. The highest BCUT2D eigenvalue weighted by Gasteiger charge is 2.54. The van der Waals surface area contributed by atoms with Gasteiger partial charge in [0.2, 0.25) is 10.0 Å². The van der Waals surface area contributed by atoms with E-state index in [1.807, 2.05) is 41.0 Å². The van der Waals surface area contributed by atoms with Gasteiger partial charge in [0.15, 0.2) is 11.0 Å². The molecule has 1 saturated heterocycles. The summed E-state index contributed by atoms with van der Waals surface area (Å²) in [5.74, 6) is 3.52. The fourth-order valence-corrected chi connectivity index (χ4v) is 10.5. The van der Waals surface area contributed by atoms with Crippen LogP contribution in [0.5, 0.6) is 0 Å². The van der Waals surface area contributed by atoms with E-state index in [9.17, 15) is 13.2 Å². The molecule has 204 valence electrons. The number of thioether (sulfide) groups is 1. The molecule has 0 N–H and O–H groups in total. The molecule has 4 aliphatic carbocycles. The Hall–Kier alpha value is -2.49. The number of carbonyl (C=O) groups excluding carboxylic acids is 1. The summed E-state index contributed by atoms with van der Waals surface area (Å²) in [7, 11) is -3.56. The van der Waals surface area contributed by atoms with Crippen molar-refractivity contribution in [2.45, 2.75) is 61.4 Å². The van der Waals surface area contributed by atoms with Gasteiger partial charge in [-0.25, -0.2) is 8.42 Å². The fourth-order valence-electron chi connectivity index (χ4n) is 7.97. The van der Waals surface area contributed by atoms with E-state index in [1.165, 1.54) is 31.0 Å². The fraction of sp³-hybridized carbons (Fsp3) is 0.500. The molecule has 0 atom stereocenters. The molecular weight excluding hydrogens is 528 g/mol. The first-order chi connectivity index (χ1) is 18.9. The standard InChI is InChI=1S/C30H34N4O3S2/c35-27(30-17-21-13-22(18-30)15-23(14-21)19-30)20-38-29-32-31-28(34(29)25-8-2-1-3-9-25)24-7-6-10-26(16-24)39(36,37)33-11-4-5-12-33/h1-3,6-10,16,21-23H,4-5,11-15,17-20H2. The van der Waals surface area contributed by atoms with Gasteiger partial charge in [0.05, 0.1) is 10.6 Å². The van der Waals surface area contributed by atoms with Crippen LogP contribution in [0.2, 0.25) is 0 Å². The number of ketones is 1. The highest BCUT2D eigenvalue weighted by Crippen LogP contribution is 2.60. The third-order valence-corrected chi connectivity index (χ3v) is 12.2. The van der Waals surface area contributed by atoms with Gasteiger partial charge in [0.25, 0.3) is 0 Å². The van der Waals surface area contributed by atoms with E-state index in [1.54, 1.807) is 22.5 Å². The van der Waals surface area contributed by atoms with E-state index >= 15 is 0 Å². The van der Waals surface area contributed by atoms with Crippen molar-refractivity contribution in [3.05, 3.63) is 54.6 Å². The number of sulfonamides is 1. The summed E-state index contributed by atoms with van der Waals surface area (Å²) in [5, 5.41) is 9.70. The molecule has 39 heavy (non-hydrogen) atoms. The summed E-state index contributed by atoms with van der Waals surface area (Å²) in [4.78, 5) is 14.0. The van der Waals surface area contributed by atoms with Crippen LogP contribution < -0.4 is 0 Å². The van der Waals surface area contributed by atoms with Gasteiger partial charge in [-0.05, 0) is 93.4 Å². The molecule has 1 aromatic heterocycles. The number of para-hydroxylation sites is 1. The van der Waals surface area contributed by atoms with Crippen molar-refractivity contribution >= 4 is 27.6 Å². The van der Waals surface area contributed by atoms with Crippen molar-refractivity contribution < 1.29 is 13.2 Å². The maximum absolute atomic E-state index is 13.7. The Balaban J connectivity index is 1.19. The number of Topliss-reactive ketones (excluding diaryl/α,β-unsaturated/α-hetero) is 1. The van der Waals surface area contributed by atoms with Crippen LogP contribution >= 0.6 is 11.8 Å². The molecule has 7 nitrogen and oxygen atoms in total. The first kappa shape index (κ1) is 25.5. The van der Waals surface area contributed by atoms with E-state index in [-0.39, 0.29) is 10.3 Å². The van der Waals surface area contributed by atoms with Gasteiger partial charge >= 0.3 is 0 Å². The van der Waals surface area contributed by atoms with Gasteiger partial charge < -0.3 is 0 Å². The van der Waals surface area contributed by atoms with Crippen LogP contribution in [-0.2, 0) is 14.8 Å². The number of benzene rings is 2. The zero-order chi connectivity index (χ0) is 26.6. The van der Waals surface area contributed by atoms with Gasteiger partial charge in [0, 0.05) is 29.8 Å². The molecule has 4 bridgehead atoms. The minimum Gasteiger partial charge on any atom is -0.298 e. The van der Waals surface area contributed by atoms with E-state index in [2.05, 4.69) is 10.2 Å². The lowest BCUT2D eigenvalue weighted by Crippen LogP contribution is -2.50. The Morgan fingerprint density at radius 3 is 2.23 bits per heavy atom. The number of aromatic nitrogens is 3. The Morgan fingerprint density at radius 1 is 0.897 bits per heavy atom. The molecule has 9 heteroatoms. The molecule has 3 aromatic rings. The monoisotopic (exact) mass is 562 g/mol. The van der Waals surface area contributed by atoms with Crippen molar-refractivity contribution in [3.8, 4) is 17.1 Å². The molecule has 4 saturated carbocycles. The number of hydrogen-bond acceptors (Lipinski definition) is 6. The molecule has 0 radical (unpaired) electrons. The average molecular weight is 563 g/mol. The van der Waals surface area contributed by atoms with E-state index in [0.29, 0.717) is 41.2 Å². The quantitative estimate of drug-likeness (QED) is 0.333. The third kappa shape index (κ3) is 4.56. The van der Waals surface area contributed by atoms with E-state index in [4.69, 9.17) is 0 Å². The van der Waals surface area contributed by atoms with Gasteiger partial charge in [0.1, 0.15) is 5.78 Å². The Morgan fingerprint density at radius 2 is 1.56 bits per heavy atom. The minimum absolute atomic E-state index is 0.138. The van der Waals surface area contributed by atoms with Crippen molar-refractivity contribution in [3.63, 3.8) is 0 Å². The zero-order valence-corrected chi connectivity index (χ0v) is 23.7. The molecule has 5 aliphatic rings. The largest absolute Gasteiger partial charge is 0.298 e. The van der Waals surface area contributed by atoms with Gasteiger partial charge in [-0.2, -0.15) is 4.31 Å². The van der Waals surface area contributed by atoms with Crippen LogP contribution in [0.4, 0.5) is 0 Å². The van der Waals surface area contributed by atoms with Crippen LogP contribution in [0.15, 0.2) is 64.6 Å². The molecule has 5 fully saturated rings. The normalized spacial score (nSPS) is 28.3. The molecule has 2 heterocycles. The predicted molar refractivity (Wildman–Crippen MR) is 151 cm³/mol. The zero-order valence-electron chi connectivity index (χ0n) is 22.0. The Kier molecular flexibility index (Phi) is 6.44. The smallest absolute Gasteiger partial charge is 0.243 e. The van der Waals surface area contributed by atoms with Crippen LogP contribution in [0.25, 0.3) is 17.1 Å². The second-order valence-electron chi connectivity index (χ2n) is 12.0. The predicted octanol–water partition coefficient (Wildman–Crippen LogP) is 5.60. The Labute approximate surface area is 234 Å². The first-order valence-corrected chi connectivity index (χ1v) is 16.6. The lowest BCUT2D eigenvalue weighted by Gasteiger charge is -2.56. The summed E-state index contributed by atoms with van der Waals surface area (Å²) < 4.78 is 30.0. The lowest BCUT2D eigenvalue weighted by atomic mass is 9.48. The van der Waals surface area contributed by atoms with Crippen molar-refractivity contribution in [2.75, 3.05) is 18.8 Å². The van der Waals surface area contributed by atoms with Crippen molar-refractivity contribution in [2.24, 2.45) is 23.2 Å². The molecule has 0 unspecified atom stereocenters. The van der Waals surface area contributed by atoms with Gasteiger partial charge in [-0.15, -0.1) is 10.2 Å². The Bertz CT molecular complexity index is 1460. The minimum atomic E-state index is -3.56. The molecular formula is C30H34N4O3S2. The summed E-state index contributed by atoms with van der Waals surface area (Å²) in [6.07, 6.45) is 8.93. The summed E-state index contributed by atoms with van der Waals surface area (Å²) in [5.41, 5.74) is 1.43. The second-order valence-corrected chi connectivity index (χ2v) is 14.9. The van der Waals surface area contributed by atoms with Crippen molar-refractivity contribution in [1.82, 2.24) is 19.1 Å². The lowest BCUT2D eigenvalue weighted by molar-refractivity contribution is -0.141. The van der Waals surface area contributed by atoms with Crippen LogP contribution in [0.1, 0.15) is 51.4 Å². The molecule has 8 rings (SSSR count). The van der Waals surface area contributed by atoms with E-state index < -0.39 is 10.0 Å². The molecule has 1 aliphatic heterocycles. The molecule has 2 aromatic carbocycles. The summed E-state index contributed by atoms with van der Waals surface area (Å²) >= 11 is 1.46. The second kappa shape index (κ2) is 9.85. The number of hydrogen-bond donors (Lipinski definition) is 0. The van der Waals surface area contributed by atoms with Crippen LogP contribution in [-0.4, -0.2) is 52.1 Å². The van der Waals surface area contributed by atoms with Crippen LogP contribution in [0.3, 0.4) is 0 Å². The summed E-state index contributed by atoms with van der Waals surface area (Å²) in [6.45, 7) is 1.12. The first-order valence-electron chi connectivity index (χ1n) is 14.2. The molecule has 0 amide bonds. The number of rotatable bonds is 8. The number of carbonyl (C=O) groups is 1. The topological polar surface area (TPSA) is 85.2 Å². The summed E-state index contributed by atoms with van der Waals surface area (Å²) in [6, 6.07) is 16.9.